The van der Waals surface area contributed by atoms with Gasteiger partial charge >= 0.3 is 0 Å². The van der Waals surface area contributed by atoms with Crippen LogP contribution in [-0.2, 0) is 6.54 Å². The molecule has 0 heterocycles. The van der Waals surface area contributed by atoms with Gasteiger partial charge in [-0.3, -0.25) is 10.1 Å². The Hall–Kier alpha value is -0.980. The Morgan fingerprint density at radius 1 is 1.47 bits per heavy atom. The number of nitrogens with zero attached hydrogens (tertiary/aromatic N) is 1. The highest BCUT2D eigenvalue weighted by Crippen LogP contribution is 2.25. The highest BCUT2D eigenvalue weighted by atomic mass is 79.9. The molecule has 0 radical (unpaired) electrons. The predicted molar refractivity (Wildman–Crippen MR) is 78.0 cm³/mol. The number of nitro benzene ring substituents is 1. The van der Waals surface area contributed by atoms with Crippen LogP contribution in [0.1, 0.15) is 25.8 Å². The fourth-order valence-corrected chi connectivity index (χ4v) is 2.21. The highest BCUT2D eigenvalue weighted by molar-refractivity contribution is 9.10. The van der Waals surface area contributed by atoms with Gasteiger partial charge in [-0.15, -0.1) is 0 Å². The zero-order valence-corrected chi connectivity index (χ0v) is 12.7. The van der Waals surface area contributed by atoms with Crippen molar-refractivity contribution in [2.24, 2.45) is 5.92 Å². The van der Waals surface area contributed by atoms with Crippen LogP contribution in [0.2, 0.25) is 0 Å². The summed E-state index contributed by atoms with van der Waals surface area (Å²) >= 11 is 3.15. The lowest BCUT2D eigenvalue weighted by molar-refractivity contribution is -0.385. The lowest BCUT2D eigenvalue weighted by Gasteiger charge is -2.13. The fourth-order valence-electron chi connectivity index (χ4n) is 1.82. The zero-order chi connectivity index (χ0) is 14.4. The van der Waals surface area contributed by atoms with E-state index in [1.807, 2.05) is 6.07 Å². The van der Waals surface area contributed by atoms with Crippen LogP contribution in [0.3, 0.4) is 0 Å². The number of benzene rings is 1. The van der Waals surface area contributed by atoms with Crippen molar-refractivity contribution in [3.8, 4) is 0 Å². The number of halogens is 1. The minimum Gasteiger partial charge on any atom is -0.392 e. The van der Waals surface area contributed by atoms with Crippen molar-refractivity contribution in [3.63, 3.8) is 0 Å². The van der Waals surface area contributed by atoms with Crippen LogP contribution in [0, 0.1) is 16.0 Å². The summed E-state index contributed by atoms with van der Waals surface area (Å²) in [7, 11) is 0. The minimum absolute atomic E-state index is 0.0574. The highest BCUT2D eigenvalue weighted by Gasteiger charge is 2.12. The van der Waals surface area contributed by atoms with E-state index in [9.17, 15) is 15.2 Å². The molecule has 0 aliphatic rings. The second-order valence-electron chi connectivity index (χ2n) is 4.96. The summed E-state index contributed by atoms with van der Waals surface area (Å²) in [5.41, 5.74) is 0.883. The minimum atomic E-state index is -0.415. The maximum absolute atomic E-state index is 10.8. The standard InChI is InChI=1S/C13H19BrN2O3/c1-9(2)5-11(17)8-15-7-10-3-4-12(14)13(6-10)16(18)19/h3-4,6,9,11,15,17H,5,7-8H2,1-2H3. The monoisotopic (exact) mass is 330 g/mol. The quantitative estimate of drug-likeness (QED) is 0.595. The molecule has 0 aliphatic heterocycles. The van der Waals surface area contributed by atoms with Gasteiger partial charge in [0.15, 0.2) is 0 Å². The number of rotatable bonds is 7. The molecule has 1 aromatic carbocycles. The van der Waals surface area contributed by atoms with Crippen LogP contribution in [0.5, 0.6) is 0 Å². The van der Waals surface area contributed by atoms with Gasteiger partial charge in [0.25, 0.3) is 5.69 Å². The van der Waals surface area contributed by atoms with Gasteiger partial charge in [-0.05, 0) is 39.9 Å². The van der Waals surface area contributed by atoms with Crippen LogP contribution in [-0.4, -0.2) is 22.7 Å². The SMILES string of the molecule is CC(C)CC(O)CNCc1ccc(Br)c([N+](=O)[O-])c1. The lowest BCUT2D eigenvalue weighted by Crippen LogP contribution is -2.27. The number of nitrogens with one attached hydrogen (secondary N) is 1. The summed E-state index contributed by atoms with van der Waals surface area (Å²) in [6, 6.07) is 5.02. The van der Waals surface area contributed by atoms with Gasteiger partial charge in [0, 0.05) is 19.2 Å². The third kappa shape index (κ3) is 5.67. The molecule has 6 heteroatoms. The van der Waals surface area contributed by atoms with Crippen molar-refractivity contribution in [1.82, 2.24) is 5.32 Å². The molecule has 106 valence electrons. The third-order valence-electron chi connectivity index (χ3n) is 2.66. The summed E-state index contributed by atoms with van der Waals surface area (Å²) in [5, 5.41) is 23.6. The lowest BCUT2D eigenvalue weighted by atomic mass is 10.1. The summed E-state index contributed by atoms with van der Waals surface area (Å²) < 4.78 is 0.473. The Balaban J connectivity index is 2.50. The van der Waals surface area contributed by atoms with E-state index in [-0.39, 0.29) is 11.8 Å². The first kappa shape index (κ1) is 16.1. The Morgan fingerprint density at radius 3 is 2.74 bits per heavy atom. The van der Waals surface area contributed by atoms with E-state index >= 15 is 0 Å². The van der Waals surface area contributed by atoms with Gasteiger partial charge < -0.3 is 10.4 Å². The summed E-state index contributed by atoms with van der Waals surface area (Å²) in [6.45, 7) is 5.11. The first-order valence-electron chi connectivity index (χ1n) is 6.21. The Labute approximate surface area is 121 Å². The van der Waals surface area contributed by atoms with Gasteiger partial charge in [0.05, 0.1) is 15.5 Å². The molecule has 1 aromatic rings. The second-order valence-corrected chi connectivity index (χ2v) is 5.81. The molecule has 1 atom stereocenters. The molecule has 2 N–H and O–H groups in total. The first-order chi connectivity index (χ1) is 8.90. The maximum atomic E-state index is 10.8. The molecular formula is C13H19BrN2O3. The van der Waals surface area contributed by atoms with Crippen molar-refractivity contribution in [2.45, 2.75) is 32.9 Å². The molecule has 0 bridgehead atoms. The van der Waals surface area contributed by atoms with Crippen LogP contribution >= 0.6 is 15.9 Å². The van der Waals surface area contributed by atoms with Gasteiger partial charge in [-0.1, -0.05) is 19.9 Å². The average molecular weight is 331 g/mol. The Bertz CT molecular complexity index is 438. The average Bonchev–Trinajstić information content (AvgIpc) is 2.30. The molecule has 19 heavy (non-hydrogen) atoms. The predicted octanol–water partition coefficient (Wildman–Crippen LogP) is 2.85. The molecule has 1 rings (SSSR count). The van der Waals surface area contributed by atoms with Gasteiger partial charge in [-0.25, -0.2) is 0 Å². The summed E-state index contributed by atoms with van der Waals surface area (Å²) in [6.07, 6.45) is 0.360. The molecule has 0 saturated carbocycles. The molecule has 0 saturated heterocycles. The maximum Gasteiger partial charge on any atom is 0.283 e. The first-order valence-corrected chi connectivity index (χ1v) is 7.01. The molecule has 5 nitrogen and oxygen atoms in total. The fraction of sp³-hybridized carbons (Fsp3) is 0.538. The molecule has 0 aromatic heterocycles. The van der Waals surface area contributed by atoms with E-state index in [0.29, 0.717) is 23.5 Å². The van der Waals surface area contributed by atoms with E-state index in [0.717, 1.165) is 12.0 Å². The van der Waals surface area contributed by atoms with Crippen molar-refractivity contribution in [3.05, 3.63) is 38.3 Å². The zero-order valence-electron chi connectivity index (χ0n) is 11.1. The van der Waals surface area contributed by atoms with Crippen LogP contribution < -0.4 is 5.32 Å². The molecule has 1 unspecified atom stereocenters. The molecule has 0 spiro atoms. The molecule has 0 amide bonds. The van der Waals surface area contributed by atoms with Crippen molar-refractivity contribution in [1.29, 1.82) is 0 Å². The normalized spacial score (nSPS) is 12.7. The second kappa shape index (κ2) is 7.57. The molecule has 0 aliphatic carbocycles. The van der Waals surface area contributed by atoms with Crippen molar-refractivity contribution in [2.75, 3.05) is 6.54 Å². The van der Waals surface area contributed by atoms with Gasteiger partial charge in [0.2, 0.25) is 0 Å². The van der Waals surface area contributed by atoms with E-state index < -0.39 is 4.92 Å². The van der Waals surface area contributed by atoms with E-state index in [1.54, 1.807) is 6.07 Å². The smallest absolute Gasteiger partial charge is 0.283 e. The topological polar surface area (TPSA) is 75.4 Å². The van der Waals surface area contributed by atoms with E-state index in [1.165, 1.54) is 6.07 Å². The van der Waals surface area contributed by atoms with Gasteiger partial charge in [-0.2, -0.15) is 0 Å². The number of hydrogen-bond donors (Lipinski definition) is 2. The number of hydrogen-bond acceptors (Lipinski definition) is 4. The number of aliphatic hydroxyl groups excluding tert-OH is 1. The largest absolute Gasteiger partial charge is 0.392 e. The number of aliphatic hydroxyl groups is 1. The van der Waals surface area contributed by atoms with E-state index in [2.05, 4.69) is 35.1 Å². The Morgan fingerprint density at radius 2 is 2.16 bits per heavy atom. The summed E-state index contributed by atoms with van der Waals surface area (Å²) in [5.74, 6) is 0.450. The van der Waals surface area contributed by atoms with Crippen molar-refractivity contribution < 1.29 is 10.0 Å². The number of nitro groups is 1. The summed E-state index contributed by atoms with van der Waals surface area (Å²) in [4.78, 5) is 10.4. The van der Waals surface area contributed by atoms with Crippen LogP contribution in [0.4, 0.5) is 5.69 Å². The van der Waals surface area contributed by atoms with Crippen molar-refractivity contribution >= 4 is 21.6 Å². The van der Waals surface area contributed by atoms with Crippen LogP contribution in [0.25, 0.3) is 0 Å². The van der Waals surface area contributed by atoms with Crippen LogP contribution in [0.15, 0.2) is 22.7 Å². The molecular weight excluding hydrogens is 312 g/mol. The third-order valence-corrected chi connectivity index (χ3v) is 3.33. The van der Waals surface area contributed by atoms with Gasteiger partial charge in [0.1, 0.15) is 0 Å². The Kier molecular flexibility index (Phi) is 6.41. The molecule has 0 fully saturated rings. The van der Waals surface area contributed by atoms with E-state index in [4.69, 9.17) is 0 Å².